The Morgan fingerprint density at radius 3 is 2.67 bits per heavy atom. The number of halogens is 3. The number of amides is 1. The molecule has 0 bridgehead atoms. The van der Waals surface area contributed by atoms with Crippen LogP contribution in [0.1, 0.15) is 18.4 Å². The summed E-state index contributed by atoms with van der Waals surface area (Å²) in [5.74, 6) is -0.0301. The zero-order chi connectivity index (χ0) is 15.6. The maximum Gasteiger partial charge on any atom is 0.416 e. The van der Waals surface area contributed by atoms with E-state index < -0.39 is 11.7 Å². The van der Waals surface area contributed by atoms with Crippen LogP contribution in [0.2, 0.25) is 0 Å². The number of carbonyl (C=O) groups excluding carboxylic acids is 1. The van der Waals surface area contributed by atoms with Crippen LogP contribution < -0.4 is 15.4 Å². The van der Waals surface area contributed by atoms with Gasteiger partial charge in [0, 0.05) is 23.9 Å². The van der Waals surface area contributed by atoms with Crippen molar-refractivity contribution >= 4 is 11.6 Å². The number of hydrogen-bond acceptors (Lipinski definition) is 3. The van der Waals surface area contributed by atoms with Crippen LogP contribution in [0.5, 0.6) is 5.75 Å². The van der Waals surface area contributed by atoms with Gasteiger partial charge in [-0.2, -0.15) is 13.2 Å². The zero-order valence-corrected chi connectivity index (χ0v) is 11.4. The minimum Gasteiger partial charge on any atom is -0.497 e. The van der Waals surface area contributed by atoms with E-state index in [-0.39, 0.29) is 23.4 Å². The van der Waals surface area contributed by atoms with Crippen LogP contribution in [0.4, 0.5) is 18.9 Å². The summed E-state index contributed by atoms with van der Waals surface area (Å²) in [5, 5.41) is 5.52. The molecular formula is C14H15F3N2O2. The normalized spacial score (nSPS) is 19.1. The maximum absolute atomic E-state index is 12.8. The van der Waals surface area contributed by atoms with Crippen molar-refractivity contribution in [3.05, 3.63) is 36.0 Å². The van der Waals surface area contributed by atoms with Crippen molar-refractivity contribution in [2.45, 2.75) is 25.1 Å². The molecule has 2 rings (SSSR count). The predicted octanol–water partition coefficient (Wildman–Crippen LogP) is 2.92. The monoisotopic (exact) mass is 300 g/mol. The Hall–Kier alpha value is -2.18. The number of carbonyl (C=O) groups is 1. The Balaban J connectivity index is 2.23. The highest BCUT2D eigenvalue weighted by molar-refractivity contribution is 5.79. The van der Waals surface area contributed by atoms with E-state index >= 15 is 0 Å². The van der Waals surface area contributed by atoms with Crippen molar-refractivity contribution in [3.8, 4) is 5.75 Å². The van der Waals surface area contributed by atoms with Crippen LogP contribution in [-0.2, 0) is 11.0 Å². The van der Waals surface area contributed by atoms with E-state index in [1.165, 1.54) is 13.2 Å². The van der Waals surface area contributed by atoms with Crippen LogP contribution in [0.25, 0.3) is 0 Å². The topological polar surface area (TPSA) is 50.4 Å². The summed E-state index contributed by atoms with van der Waals surface area (Å²) >= 11 is 0. The number of anilines is 1. The van der Waals surface area contributed by atoms with Crippen molar-refractivity contribution in [2.75, 3.05) is 12.4 Å². The molecule has 0 saturated carbocycles. The largest absolute Gasteiger partial charge is 0.497 e. The molecule has 2 N–H and O–H groups in total. The Labute approximate surface area is 120 Å². The van der Waals surface area contributed by atoms with Gasteiger partial charge in [0.15, 0.2) is 0 Å². The lowest BCUT2D eigenvalue weighted by Crippen LogP contribution is -2.39. The number of rotatable bonds is 3. The molecule has 1 unspecified atom stereocenters. The van der Waals surface area contributed by atoms with Gasteiger partial charge in [-0.15, -0.1) is 0 Å². The standard InChI is InChI=1S/C14H15F3N2O2/c1-8-12(3-4-13(20)18-8)19-10-5-9(14(15,16)17)6-11(7-10)21-2/h5-7,12,19H,1,3-4H2,2H3,(H,18,20). The molecule has 1 fully saturated rings. The molecule has 114 valence electrons. The third-order valence-corrected chi connectivity index (χ3v) is 3.19. The van der Waals surface area contributed by atoms with Crippen molar-refractivity contribution < 1.29 is 22.7 Å². The van der Waals surface area contributed by atoms with Gasteiger partial charge in [-0.1, -0.05) is 6.58 Å². The van der Waals surface area contributed by atoms with Gasteiger partial charge in [-0.05, 0) is 18.6 Å². The fraction of sp³-hybridized carbons (Fsp3) is 0.357. The van der Waals surface area contributed by atoms with Crippen LogP contribution in [0.15, 0.2) is 30.5 Å². The van der Waals surface area contributed by atoms with E-state index in [1.54, 1.807) is 0 Å². The third-order valence-electron chi connectivity index (χ3n) is 3.19. The molecule has 1 amide bonds. The molecule has 0 radical (unpaired) electrons. The van der Waals surface area contributed by atoms with Crippen molar-refractivity contribution in [1.82, 2.24) is 5.32 Å². The minimum absolute atomic E-state index is 0.109. The molecule has 1 saturated heterocycles. The summed E-state index contributed by atoms with van der Waals surface area (Å²) in [6.07, 6.45) is -3.68. The van der Waals surface area contributed by atoms with E-state index in [1.807, 2.05) is 0 Å². The molecule has 1 aromatic rings. The van der Waals surface area contributed by atoms with Crippen LogP contribution >= 0.6 is 0 Å². The minimum atomic E-state index is -4.46. The second kappa shape index (κ2) is 5.67. The van der Waals surface area contributed by atoms with Gasteiger partial charge >= 0.3 is 6.18 Å². The zero-order valence-electron chi connectivity index (χ0n) is 11.4. The second-order valence-electron chi connectivity index (χ2n) is 4.76. The average molecular weight is 300 g/mol. The summed E-state index contributed by atoms with van der Waals surface area (Å²) in [5.41, 5.74) is -0.0820. The molecular weight excluding hydrogens is 285 g/mol. The molecule has 1 heterocycles. The van der Waals surface area contributed by atoms with Gasteiger partial charge in [0.1, 0.15) is 5.75 Å². The van der Waals surface area contributed by atoms with Crippen LogP contribution in [0, 0.1) is 0 Å². The first kappa shape index (κ1) is 15.2. The van der Waals surface area contributed by atoms with Gasteiger partial charge in [-0.3, -0.25) is 4.79 Å². The number of hydrogen-bond donors (Lipinski definition) is 2. The van der Waals surface area contributed by atoms with E-state index in [0.717, 1.165) is 12.1 Å². The highest BCUT2D eigenvalue weighted by Gasteiger charge is 2.32. The lowest BCUT2D eigenvalue weighted by molar-refractivity contribution is -0.137. The number of methoxy groups -OCH3 is 1. The molecule has 1 aliphatic rings. The van der Waals surface area contributed by atoms with Crippen LogP contribution in [0.3, 0.4) is 0 Å². The molecule has 7 heteroatoms. The smallest absolute Gasteiger partial charge is 0.416 e. The highest BCUT2D eigenvalue weighted by Crippen LogP contribution is 2.34. The number of benzene rings is 1. The van der Waals surface area contributed by atoms with Gasteiger partial charge in [0.25, 0.3) is 0 Å². The van der Waals surface area contributed by atoms with Gasteiger partial charge in [-0.25, -0.2) is 0 Å². The van der Waals surface area contributed by atoms with Crippen molar-refractivity contribution in [2.24, 2.45) is 0 Å². The van der Waals surface area contributed by atoms with Crippen LogP contribution in [-0.4, -0.2) is 19.1 Å². The number of alkyl halides is 3. The fourth-order valence-electron chi connectivity index (χ4n) is 2.10. The molecule has 0 spiro atoms. The number of piperidine rings is 1. The lowest BCUT2D eigenvalue weighted by atomic mass is 10.0. The van der Waals surface area contributed by atoms with Gasteiger partial charge in [0.2, 0.25) is 5.91 Å². The first-order valence-corrected chi connectivity index (χ1v) is 6.31. The first-order chi connectivity index (χ1) is 9.79. The average Bonchev–Trinajstić information content (AvgIpc) is 2.40. The van der Waals surface area contributed by atoms with E-state index in [9.17, 15) is 18.0 Å². The molecule has 1 aromatic carbocycles. The Morgan fingerprint density at radius 2 is 2.10 bits per heavy atom. The highest BCUT2D eigenvalue weighted by atomic mass is 19.4. The molecule has 1 aliphatic heterocycles. The van der Waals surface area contributed by atoms with Gasteiger partial charge < -0.3 is 15.4 Å². The molecule has 1 atom stereocenters. The first-order valence-electron chi connectivity index (χ1n) is 6.31. The summed E-state index contributed by atoms with van der Waals surface area (Å²) < 4.78 is 43.4. The quantitative estimate of drug-likeness (QED) is 0.902. The van der Waals surface area contributed by atoms with Gasteiger partial charge in [0.05, 0.1) is 18.7 Å². The molecule has 0 aromatic heterocycles. The van der Waals surface area contributed by atoms with E-state index in [2.05, 4.69) is 17.2 Å². The molecule has 4 nitrogen and oxygen atoms in total. The second-order valence-corrected chi connectivity index (χ2v) is 4.76. The van der Waals surface area contributed by atoms with Crippen molar-refractivity contribution in [3.63, 3.8) is 0 Å². The number of ether oxygens (including phenoxy) is 1. The summed E-state index contributed by atoms with van der Waals surface area (Å²) in [6, 6.07) is 3.10. The summed E-state index contributed by atoms with van der Waals surface area (Å²) in [4.78, 5) is 11.2. The number of nitrogens with one attached hydrogen (secondary N) is 2. The predicted molar refractivity (Wildman–Crippen MR) is 71.9 cm³/mol. The Kier molecular flexibility index (Phi) is 4.11. The molecule has 21 heavy (non-hydrogen) atoms. The fourth-order valence-corrected chi connectivity index (χ4v) is 2.10. The molecule has 0 aliphatic carbocycles. The summed E-state index contributed by atoms with van der Waals surface area (Å²) in [6.45, 7) is 3.71. The Bertz CT molecular complexity index is 570. The third kappa shape index (κ3) is 3.68. The Morgan fingerprint density at radius 1 is 1.38 bits per heavy atom. The van der Waals surface area contributed by atoms with Crippen molar-refractivity contribution in [1.29, 1.82) is 0 Å². The SMILES string of the molecule is C=C1NC(=O)CCC1Nc1cc(OC)cc(C(F)(F)F)c1. The summed E-state index contributed by atoms with van der Waals surface area (Å²) in [7, 11) is 1.30. The van der Waals surface area contributed by atoms with E-state index in [0.29, 0.717) is 18.5 Å². The lowest BCUT2D eigenvalue weighted by Gasteiger charge is -2.27. The maximum atomic E-state index is 12.8. The van der Waals surface area contributed by atoms with E-state index in [4.69, 9.17) is 4.74 Å².